The lowest BCUT2D eigenvalue weighted by Gasteiger charge is -2.34. The van der Waals surface area contributed by atoms with Gasteiger partial charge in [-0.2, -0.15) is 0 Å². The molecule has 0 radical (unpaired) electrons. The van der Waals surface area contributed by atoms with Gasteiger partial charge in [0.1, 0.15) is 0 Å². The van der Waals surface area contributed by atoms with Crippen molar-refractivity contribution in [3.63, 3.8) is 0 Å². The Kier molecular flexibility index (Phi) is 18.9. The van der Waals surface area contributed by atoms with Crippen LogP contribution in [0, 0.1) is 5.92 Å². The highest BCUT2D eigenvalue weighted by Gasteiger charge is 2.20. The first-order valence-corrected chi connectivity index (χ1v) is 13.0. The maximum atomic E-state index is 5.73. The second-order valence-corrected chi connectivity index (χ2v) is 8.90. The Labute approximate surface area is 192 Å². The van der Waals surface area contributed by atoms with Crippen LogP contribution in [0.5, 0.6) is 0 Å². The maximum Gasteiger partial charge on any atom is 0.0701 e. The van der Waals surface area contributed by atoms with Crippen LogP contribution in [0.3, 0.4) is 0 Å². The summed E-state index contributed by atoms with van der Waals surface area (Å²) in [5.74, 6) is 0.806. The predicted octanol–water partition coefficient (Wildman–Crippen LogP) is 4.12. The van der Waals surface area contributed by atoms with Gasteiger partial charge in [0.05, 0.1) is 46.2 Å². The fraction of sp³-hybridized carbons (Fsp3) is 1.00. The summed E-state index contributed by atoms with van der Waals surface area (Å²) in [6, 6.07) is 1.38. The SMILES string of the molecule is CCC(C)CCCOCCOCCOCCOCCN1CCC(NC(CC)CC)CC1. The number of likely N-dealkylation sites (tertiary alicyclic amines) is 1. The molecule has 1 unspecified atom stereocenters. The topological polar surface area (TPSA) is 52.2 Å². The molecule has 1 atom stereocenters. The van der Waals surface area contributed by atoms with Crippen LogP contribution in [0.25, 0.3) is 0 Å². The van der Waals surface area contributed by atoms with Crippen molar-refractivity contribution >= 4 is 0 Å². The Morgan fingerprint density at radius 1 is 0.742 bits per heavy atom. The molecule has 6 heteroatoms. The zero-order valence-corrected chi connectivity index (χ0v) is 21.0. The van der Waals surface area contributed by atoms with Crippen LogP contribution >= 0.6 is 0 Å². The molecule has 1 heterocycles. The fourth-order valence-electron chi connectivity index (χ4n) is 3.87. The van der Waals surface area contributed by atoms with Crippen molar-refractivity contribution in [2.24, 2.45) is 5.92 Å². The second kappa shape index (κ2) is 20.4. The van der Waals surface area contributed by atoms with E-state index in [1.165, 1.54) is 51.6 Å². The van der Waals surface area contributed by atoms with E-state index < -0.39 is 0 Å². The zero-order valence-electron chi connectivity index (χ0n) is 21.0. The minimum Gasteiger partial charge on any atom is -0.379 e. The normalized spacial score (nSPS) is 16.9. The van der Waals surface area contributed by atoms with Gasteiger partial charge in [0.2, 0.25) is 0 Å². The van der Waals surface area contributed by atoms with Gasteiger partial charge >= 0.3 is 0 Å². The predicted molar refractivity (Wildman–Crippen MR) is 129 cm³/mol. The molecule has 6 nitrogen and oxygen atoms in total. The van der Waals surface area contributed by atoms with E-state index in [0.717, 1.165) is 32.1 Å². The Bertz CT molecular complexity index is 375. The molecule has 186 valence electrons. The van der Waals surface area contributed by atoms with E-state index in [4.69, 9.17) is 18.9 Å². The Morgan fingerprint density at radius 2 is 1.26 bits per heavy atom. The largest absolute Gasteiger partial charge is 0.379 e. The lowest BCUT2D eigenvalue weighted by molar-refractivity contribution is -0.00496. The Morgan fingerprint density at radius 3 is 1.77 bits per heavy atom. The summed E-state index contributed by atoms with van der Waals surface area (Å²) in [6.45, 7) is 18.0. The van der Waals surface area contributed by atoms with Gasteiger partial charge < -0.3 is 29.2 Å². The van der Waals surface area contributed by atoms with Crippen LogP contribution in [-0.4, -0.2) is 89.5 Å². The minimum atomic E-state index is 0.619. The van der Waals surface area contributed by atoms with E-state index in [1.807, 2.05) is 0 Å². The average molecular weight is 445 g/mol. The van der Waals surface area contributed by atoms with Gasteiger partial charge in [0.15, 0.2) is 0 Å². The summed E-state index contributed by atoms with van der Waals surface area (Å²) in [5.41, 5.74) is 0. The summed E-state index contributed by atoms with van der Waals surface area (Å²) in [4.78, 5) is 2.52. The Hall–Kier alpha value is -0.240. The first-order valence-electron chi connectivity index (χ1n) is 13.0. The van der Waals surface area contributed by atoms with Crippen molar-refractivity contribution in [3.05, 3.63) is 0 Å². The third-order valence-electron chi connectivity index (χ3n) is 6.39. The molecule has 1 aliphatic rings. The molecule has 0 amide bonds. The van der Waals surface area contributed by atoms with Gasteiger partial charge in [-0.05, 0) is 57.5 Å². The van der Waals surface area contributed by atoms with Gasteiger partial charge in [0, 0.05) is 25.2 Å². The van der Waals surface area contributed by atoms with Crippen LogP contribution in [0.15, 0.2) is 0 Å². The van der Waals surface area contributed by atoms with Crippen LogP contribution in [-0.2, 0) is 18.9 Å². The van der Waals surface area contributed by atoms with E-state index >= 15 is 0 Å². The third-order valence-corrected chi connectivity index (χ3v) is 6.39. The molecule has 0 aromatic carbocycles. The molecule has 1 fully saturated rings. The molecule has 0 aliphatic carbocycles. The van der Waals surface area contributed by atoms with Gasteiger partial charge in [-0.25, -0.2) is 0 Å². The summed E-state index contributed by atoms with van der Waals surface area (Å²) < 4.78 is 22.4. The third kappa shape index (κ3) is 16.1. The van der Waals surface area contributed by atoms with E-state index in [9.17, 15) is 0 Å². The Balaban J connectivity index is 1.78. The molecule has 0 bridgehead atoms. The van der Waals surface area contributed by atoms with Crippen molar-refractivity contribution in [1.82, 2.24) is 10.2 Å². The van der Waals surface area contributed by atoms with Gasteiger partial charge in [-0.1, -0.05) is 34.1 Å². The standard InChI is InChI=1S/C25H52N2O4/c1-5-23(4)9-8-15-28-17-19-30-21-22-31-20-18-29-16-14-27-12-10-25(11-13-27)26-24(6-2)7-3/h23-26H,5-22H2,1-4H3. The monoisotopic (exact) mass is 444 g/mol. The van der Waals surface area contributed by atoms with E-state index in [0.29, 0.717) is 51.7 Å². The number of rotatable bonds is 21. The number of hydrogen-bond donors (Lipinski definition) is 1. The number of piperidine rings is 1. The summed E-state index contributed by atoms with van der Waals surface area (Å²) >= 11 is 0. The average Bonchev–Trinajstić information content (AvgIpc) is 2.80. The molecule has 1 saturated heterocycles. The van der Waals surface area contributed by atoms with Gasteiger partial charge in [-0.3, -0.25) is 0 Å². The van der Waals surface area contributed by atoms with Gasteiger partial charge in [-0.15, -0.1) is 0 Å². The fourth-order valence-corrected chi connectivity index (χ4v) is 3.87. The van der Waals surface area contributed by atoms with Crippen LogP contribution in [0.2, 0.25) is 0 Å². The van der Waals surface area contributed by atoms with Crippen molar-refractivity contribution in [3.8, 4) is 0 Å². The van der Waals surface area contributed by atoms with E-state index in [2.05, 4.69) is 37.9 Å². The van der Waals surface area contributed by atoms with E-state index in [1.54, 1.807) is 0 Å². The number of nitrogens with zero attached hydrogens (tertiary/aromatic N) is 1. The number of nitrogens with one attached hydrogen (secondary N) is 1. The summed E-state index contributed by atoms with van der Waals surface area (Å²) in [5, 5.41) is 3.81. The van der Waals surface area contributed by atoms with Crippen molar-refractivity contribution in [2.75, 3.05) is 72.5 Å². The molecule has 31 heavy (non-hydrogen) atoms. The number of ether oxygens (including phenoxy) is 4. The lowest BCUT2D eigenvalue weighted by atomic mass is 10.0. The molecule has 0 aromatic rings. The van der Waals surface area contributed by atoms with Crippen molar-refractivity contribution in [1.29, 1.82) is 0 Å². The molecular formula is C25H52N2O4. The highest BCUT2D eigenvalue weighted by Crippen LogP contribution is 2.12. The van der Waals surface area contributed by atoms with Gasteiger partial charge in [0.25, 0.3) is 0 Å². The van der Waals surface area contributed by atoms with Crippen LogP contribution < -0.4 is 5.32 Å². The molecule has 1 aliphatic heterocycles. The highest BCUT2D eigenvalue weighted by atomic mass is 16.6. The zero-order chi connectivity index (χ0) is 22.6. The first-order chi connectivity index (χ1) is 15.2. The van der Waals surface area contributed by atoms with Crippen LogP contribution in [0.4, 0.5) is 0 Å². The van der Waals surface area contributed by atoms with Crippen molar-refractivity contribution in [2.45, 2.75) is 84.7 Å². The summed E-state index contributed by atoms with van der Waals surface area (Å²) in [6.07, 6.45) is 8.61. The van der Waals surface area contributed by atoms with E-state index in [-0.39, 0.29) is 0 Å². The first kappa shape index (κ1) is 28.8. The molecule has 1 rings (SSSR count). The lowest BCUT2D eigenvalue weighted by Crippen LogP contribution is -2.46. The molecule has 0 saturated carbocycles. The minimum absolute atomic E-state index is 0.619. The smallest absolute Gasteiger partial charge is 0.0701 e. The highest BCUT2D eigenvalue weighted by molar-refractivity contribution is 4.79. The maximum absolute atomic E-state index is 5.73. The summed E-state index contributed by atoms with van der Waals surface area (Å²) in [7, 11) is 0. The quantitative estimate of drug-likeness (QED) is 0.269. The molecule has 0 spiro atoms. The number of hydrogen-bond acceptors (Lipinski definition) is 6. The molecule has 0 aromatic heterocycles. The molecular weight excluding hydrogens is 392 g/mol. The van der Waals surface area contributed by atoms with Crippen LogP contribution in [0.1, 0.15) is 72.6 Å². The second-order valence-electron chi connectivity index (χ2n) is 8.90. The molecule has 1 N–H and O–H groups in total. The van der Waals surface area contributed by atoms with Crippen molar-refractivity contribution < 1.29 is 18.9 Å².